The monoisotopic (exact) mass is 406 g/mol. The zero-order chi connectivity index (χ0) is 21.4. The highest BCUT2D eigenvalue weighted by atomic mass is 16.5. The number of ketones is 1. The van der Waals surface area contributed by atoms with Crippen molar-refractivity contribution >= 4 is 16.7 Å². The SMILES string of the molecule is COc1cc2c3cc(ccc3n1)C(=O)c1ccc(C#N)c(c1)OCCc1cccc-2c1. The van der Waals surface area contributed by atoms with Gasteiger partial charge < -0.3 is 9.47 Å². The van der Waals surface area contributed by atoms with Crippen LogP contribution in [0.3, 0.4) is 0 Å². The van der Waals surface area contributed by atoms with E-state index in [9.17, 15) is 10.1 Å². The van der Waals surface area contributed by atoms with Gasteiger partial charge in [0, 0.05) is 29.0 Å². The lowest BCUT2D eigenvalue weighted by molar-refractivity contribution is 0.103. The van der Waals surface area contributed by atoms with E-state index in [-0.39, 0.29) is 5.78 Å². The molecule has 0 N–H and O–H groups in total. The fraction of sp³-hybridized carbons (Fsp3) is 0.115. The minimum atomic E-state index is -0.135. The zero-order valence-electron chi connectivity index (χ0n) is 16.9. The summed E-state index contributed by atoms with van der Waals surface area (Å²) in [5, 5.41) is 10.3. The largest absolute Gasteiger partial charge is 0.492 e. The lowest BCUT2D eigenvalue weighted by Crippen LogP contribution is -2.07. The van der Waals surface area contributed by atoms with Gasteiger partial charge in [0.25, 0.3) is 0 Å². The molecule has 5 rings (SSSR count). The minimum absolute atomic E-state index is 0.135. The molecule has 150 valence electrons. The van der Waals surface area contributed by atoms with Gasteiger partial charge in [0.2, 0.25) is 5.88 Å². The molecule has 5 heteroatoms. The number of benzene rings is 3. The Morgan fingerprint density at radius 3 is 2.68 bits per heavy atom. The van der Waals surface area contributed by atoms with Crippen LogP contribution in [0.1, 0.15) is 27.0 Å². The second-order valence-electron chi connectivity index (χ2n) is 7.39. The molecule has 0 unspecified atom stereocenters. The summed E-state index contributed by atoms with van der Waals surface area (Å²) >= 11 is 0. The molecule has 0 saturated heterocycles. The third-order valence-corrected chi connectivity index (χ3v) is 5.51. The van der Waals surface area contributed by atoms with Crippen molar-refractivity contribution in [2.24, 2.45) is 0 Å². The maximum Gasteiger partial charge on any atom is 0.214 e. The molecule has 6 bridgehead atoms. The smallest absolute Gasteiger partial charge is 0.214 e. The van der Waals surface area contributed by atoms with Crippen molar-refractivity contribution in [1.82, 2.24) is 4.98 Å². The molecule has 1 aromatic heterocycles. The maximum absolute atomic E-state index is 13.2. The third-order valence-electron chi connectivity index (χ3n) is 5.51. The van der Waals surface area contributed by atoms with E-state index < -0.39 is 0 Å². The first-order chi connectivity index (χ1) is 15.2. The maximum atomic E-state index is 13.2. The quantitative estimate of drug-likeness (QED) is 0.447. The lowest BCUT2D eigenvalue weighted by atomic mass is 9.95. The van der Waals surface area contributed by atoms with Crippen LogP contribution in [0.2, 0.25) is 0 Å². The van der Waals surface area contributed by atoms with E-state index in [2.05, 4.69) is 23.2 Å². The van der Waals surface area contributed by atoms with Crippen LogP contribution < -0.4 is 9.47 Å². The fourth-order valence-corrected chi connectivity index (χ4v) is 3.90. The average molecular weight is 406 g/mol. The number of nitriles is 1. The predicted octanol–water partition coefficient (Wildman–Crippen LogP) is 4.95. The van der Waals surface area contributed by atoms with E-state index in [1.807, 2.05) is 30.3 Å². The average Bonchev–Trinajstić information content (AvgIpc) is 2.82. The van der Waals surface area contributed by atoms with E-state index in [0.29, 0.717) is 41.3 Å². The van der Waals surface area contributed by atoms with Crippen LogP contribution >= 0.6 is 0 Å². The first-order valence-electron chi connectivity index (χ1n) is 9.96. The number of rotatable bonds is 1. The van der Waals surface area contributed by atoms with E-state index in [4.69, 9.17) is 9.47 Å². The van der Waals surface area contributed by atoms with Crippen molar-refractivity contribution in [3.8, 4) is 28.8 Å². The molecule has 0 spiro atoms. The molecule has 0 amide bonds. The summed E-state index contributed by atoms with van der Waals surface area (Å²) in [6.07, 6.45) is 0.669. The molecule has 4 aromatic rings. The number of carbonyl (C=O) groups excluding carboxylic acids is 1. The molecule has 0 saturated carbocycles. The van der Waals surface area contributed by atoms with E-state index in [0.717, 1.165) is 27.6 Å². The second-order valence-corrected chi connectivity index (χ2v) is 7.39. The first-order valence-corrected chi connectivity index (χ1v) is 9.96. The summed E-state index contributed by atoms with van der Waals surface area (Å²) in [6, 6.07) is 22.7. The highest BCUT2D eigenvalue weighted by molar-refractivity contribution is 6.11. The van der Waals surface area contributed by atoms with Gasteiger partial charge in [-0.3, -0.25) is 4.79 Å². The van der Waals surface area contributed by atoms with Gasteiger partial charge in [0.1, 0.15) is 11.8 Å². The van der Waals surface area contributed by atoms with Gasteiger partial charge in [-0.25, -0.2) is 4.98 Å². The Morgan fingerprint density at radius 2 is 1.84 bits per heavy atom. The van der Waals surface area contributed by atoms with E-state index >= 15 is 0 Å². The molecular weight excluding hydrogens is 388 g/mol. The van der Waals surface area contributed by atoms with Crippen LogP contribution in [0.15, 0.2) is 66.7 Å². The van der Waals surface area contributed by atoms with Gasteiger partial charge >= 0.3 is 0 Å². The number of nitrogens with zero attached hydrogens (tertiary/aromatic N) is 2. The van der Waals surface area contributed by atoms with E-state index in [1.54, 1.807) is 31.4 Å². The van der Waals surface area contributed by atoms with Crippen LogP contribution in [0.5, 0.6) is 11.6 Å². The summed E-state index contributed by atoms with van der Waals surface area (Å²) in [6.45, 7) is 0.399. The molecule has 31 heavy (non-hydrogen) atoms. The molecule has 1 aliphatic heterocycles. The molecular formula is C26H18N2O3. The summed E-state index contributed by atoms with van der Waals surface area (Å²) in [5.41, 5.74) is 5.27. The van der Waals surface area contributed by atoms with Crippen LogP contribution in [-0.4, -0.2) is 24.5 Å². The lowest BCUT2D eigenvalue weighted by Gasteiger charge is -2.14. The molecule has 0 fully saturated rings. The van der Waals surface area contributed by atoms with Crippen LogP contribution in [0, 0.1) is 11.3 Å². The Hall–Kier alpha value is -4.17. The van der Waals surface area contributed by atoms with E-state index in [1.165, 1.54) is 0 Å². The number of methoxy groups -OCH3 is 1. The second kappa shape index (κ2) is 7.58. The number of ether oxygens (including phenoxy) is 2. The Balaban J connectivity index is 1.79. The molecule has 0 aliphatic carbocycles. The van der Waals surface area contributed by atoms with Crippen molar-refractivity contribution in [2.75, 3.05) is 13.7 Å². The van der Waals surface area contributed by atoms with Gasteiger partial charge in [0.15, 0.2) is 5.78 Å². The summed E-state index contributed by atoms with van der Waals surface area (Å²) < 4.78 is 11.3. The third kappa shape index (κ3) is 3.38. The number of fused-ring (bicyclic) bond motifs is 6. The molecule has 2 heterocycles. The van der Waals surface area contributed by atoms with Gasteiger partial charge in [-0.15, -0.1) is 0 Å². The van der Waals surface area contributed by atoms with Crippen molar-refractivity contribution in [1.29, 1.82) is 5.26 Å². The van der Waals surface area contributed by atoms with Crippen molar-refractivity contribution in [3.05, 3.63) is 89.0 Å². The highest BCUT2D eigenvalue weighted by Crippen LogP contribution is 2.33. The number of pyridine rings is 1. The highest BCUT2D eigenvalue weighted by Gasteiger charge is 2.17. The standard InChI is InChI=1S/C26H18N2O3/c1-30-25-14-21-17-4-2-3-16(11-17)9-10-31-24-13-19(5-6-20(24)15-27)26(29)18-7-8-23(28-25)22(21)12-18/h2-8,11-14H,9-10H2,1H3. The number of hydrogen-bond acceptors (Lipinski definition) is 5. The Bertz CT molecular complexity index is 1390. The zero-order valence-corrected chi connectivity index (χ0v) is 16.9. The van der Waals surface area contributed by atoms with Crippen LogP contribution in [0.25, 0.3) is 22.0 Å². The summed E-state index contributed by atoms with van der Waals surface area (Å²) in [4.78, 5) is 17.8. The topological polar surface area (TPSA) is 72.2 Å². The summed E-state index contributed by atoms with van der Waals surface area (Å²) in [7, 11) is 1.60. The molecule has 5 nitrogen and oxygen atoms in total. The normalized spacial score (nSPS) is 12.7. The van der Waals surface area contributed by atoms with Gasteiger partial charge in [-0.2, -0.15) is 5.26 Å². The van der Waals surface area contributed by atoms with Crippen molar-refractivity contribution < 1.29 is 14.3 Å². The fourth-order valence-electron chi connectivity index (χ4n) is 3.90. The number of hydrogen-bond donors (Lipinski definition) is 0. The van der Waals surface area contributed by atoms with Gasteiger partial charge in [-0.05, 0) is 53.1 Å². The van der Waals surface area contributed by atoms with Gasteiger partial charge in [-0.1, -0.05) is 24.3 Å². The van der Waals surface area contributed by atoms with Crippen LogP contribution in [-0.2, 0) is 6.42 Å². The van der Waals surface area contributed by atoms with Gasteiger partial charge in [0.05, 0.1) is 24.8 Å². The minimum Gasteiger partial charge on any atom is -0.492 e. The Kier molecular flexibility index (Phi) is 4.61. The Labute approximate surface area is 179 Å². The number of carbonyl (C=O) groups is 1. The predicted molar refractivity (Wildman–Crippen MR) is 118 cm³/mol. The Morgan fingerprint density at radius 1 is 1.00 bits per heavy atom. The molecule has 0 radical (unpaired) electrons. The van der Waals surface area contributed by atoms with Crippen LogP contribution in [0.4, 0.5) is 0 Å². The molecule has 1 aliphatic rings. The molecule has 0 atom stereocenters. The van der Waals surface area contributed by atoms with Crippen molar-refractivity contribution in [2.45, 2.75) is 6.42 Å². The summed E-state index contributed by atoms with van der Waals surface area (Å²) in [5.74, 6) is 0.812. The first kappa shape index (κ1) is 18.8. The number of aromatic nitrogens is 1. The molecule has 3 aromatic carbocycles. The van der Waals surface area contributed by atoms with Crippen molar-refractivity contribution in [3.63, 3.8) is 0 Å².